The Morgan fingerprint density at radius 2 is 0.852 bits per heavy atom. The summed E-state index contributed by atoms with van der Waals surface area (Å²) in [5, 5.41) is 5.30. The van der Waals surface area contributed by atoms with E-state index in [1.165, 1.54) is 0 Å². The molecule has 0 aliphatic rings. The molecule has 0 N–H and O–H groups in total. The second-order valence-electron chi connectivity index (χ2n) is 13.4. The topological polar surface area (TPSA) is 77.8 Å². The van der Waals surface area contributed by atoms with Crippen LogP contribution in [0.25, 0.3) is 111 Å². The van der Waals surface area contributed by atoms with Crippen molar-refractivity contribution in [1.29, 1.82) is 0 Å². The Morgan fingerprint density at radius 3 is 1.50 bits per heavy atom. The van der Waals surface area contributed by atoms with Crippen molar-refractivity contribution in [2.45, 2.75) is 0 Å². The maximum absolute atomic E-state index is 6.56. The van der Waals surface area contributed by atoms with Crippen LogP contribution in [0, 0.1) is 0 Å². The molecule has 6 heteroatoms. The molecule has 4 aromatic heterocycles. The van der Waals surface area contributed by atoms with Crippen molar-refractivity contribution < 1.29 is 8.83 Å². The number of nitrogens with zero attached hydrogens (tertiary/aromatic N) is 4. The van der Waals surface area contributed by atoms with Gasteiger partial charge in [0.05, 0.1) is 5.52 Å². The Labute approximate surface area is 309 Å². The lowest BCUT2D eigenvalue weighted by Gasteiger charge is -2.13. The molecule has 0 aliphatic carbocycles. The van der Waals surface area contributed by atoms with Gasteiger partial charge in [0.15, 0.2) is 17.5 Å². The molecule has 0 spiro atoms. The van der Waals surface area contributed by atoms with Gasteiger partial charge in [-0.2, -0.15) is 0 Å². The SMILES string of the molecule is c1ccc(-c2nc(-c3cc(-c4cccc5c4oc4ccccc45)cc(-c4cccc5c4oc4ccccc45)c3)nc(-c3cnc4ccccc4c3)n2)cc1. The largest absolute Gasteiger partial charge is 0.455 e. The van der Waals surface area contributed by atoms with Gasteiger partial charge in [-0.05, 0) is 53.6 Å². The molecule has 252 valence electrons. The van der Waals surface area contributed by atoms with Crippen LogP contribution in [0.1, 0.15) is 0 Å². The van der Waals surface area contributed by atoms with Gasteiger partial charge in [-0.3, -0.25) is 4.98 Å². The second-order valence-corrected chi connectivity index (χ2v) is 13.4. The van der Waals surface area contributed by atoms with Gasteiger partial charge < -0.3 is 8.83 Å². The number of aromatic nitrogens is 4. The van der Waals surface area contributed by atoms with Crippen LogP contribution in [0.2, 0.25) is 0 Å². The van der Waals surface area contributed by atoms with E-state index in [1.54, 1.807) is 0 Å². The first-order valence-corrected chi connectivity index (χ1v) is 17.9. The number of hydrogen-bond acceptors (Lipinski definition) is 6. The minimum absolute atomic E-state index is 0.544. The van der Waals surface area contributed by atoms with Crippen LogP contribution in [0.5, 0.6) is 0 Å². The summed E-state index contributed by atoms with van der Waals surface area (Å²) >= 11 is 0. The van der Waals surface area contributed by atoms with Crippen LogP contribution in [0.15, 0.2) is 179 Å². The van der Waals surface area contributed by atoms with E-state index >= 15 is 0 Å². The third-order valence-corrected chi connectivity index (χ3v) is 10.1. The fourth-order valence-electron chi connectivity index (χ4n) is 7.56. The van der Waals surface area contributed by atoms with Crippen molar-refractivity contribution in [3.8, 4) is 56.4 Å². The molecule has 11 aromatic rings. The lowest BCUT2D eigenvalue weighted by atomic mass is 9.94. The Kier molecular flexibility index (Phi) is 6.75. The quantitative estimate of drug-likeness (QED) is 0.179. The molecule has 0 aliphatic heterocycles. The Bertz CT molecular complexity index is 3100. The van der Waals surface area contributed by atoms with Crippen molar-refractivity contribution >= 4 is 54.8 Å². The van der Waals surface area contributed by atoms with Crippen LogP contribution in [-0.2, 0) is 0 Å². The molecule has 0 atom stereocenters. The number of furan rings is 2. The molecule has 4 heterocycles. The monoisotopic (exact) mass is 692 g/mol. The summed E-state index contributed by atoms with van der Waals surface area (Å²) in [5.74, 6) is 1.67. The average Bonchev–Trinajstić information content (AvgIpc) is 3.82. The van der Waals surface area contributed by atoms with Gasteiger partial charge in [0.1, 0.15) is 22.3 Å². The van der Waals surface area contributed by atoms with Gasteiger partial charge in [-0.15, -0.1) is 0 Å². The van der Waals surface area contributed by atoms with Gasteiger partial charge in [0.2, 0.25) is 0 Å². The van der Waals surface area contributed by atoms with Crippen LogP contribution in [0.4, 0.5) is 0 Å². The normalized spacial score (nSPS) is 11.7. The Hall–Kier alpha value is -7.44. The molecule has 0 fully saturated rings. The standard InChI is InChI=1S/C48H28N4O2/c1-2-12-29(13-3-1)46-50-47(52-48(51-46)34-24-30-14-4-7-21-41(30)49-28-34)33-26-31(35-17-10-19-39-37-15-5-8-22-42(37)53-44(35)39)25-32(27-33)36-18-11-20-40-38-16-6-9-23-43(38)54-45(36)40/h1-28H. The van der Waals surface area contributed by atoms with Gasteiger partial charge in [0, 0.05) is 60.9 Å². The van der Waals surface area contributed by atoms with E-state index in [0.717, 1.165) is 93.7 Å². The maximum Gasteiger partial charge on any atom is 0.165 e. The molecule has 0 bridgehead atoms. The highest BCUT2D eigenvalue weighted by Crippen LogP contribution is 2.42. The van der Waals surface area contributed by atoms with Gasteiger partial charge >= 0.3 is 0 Å². The van der Waals surface area contributed by atoms with Gasteiger partial charge in [-0.25, -0.2) is 15.0 Å². The number of hydrogen-bond donors (Lipinski definition) is 0. The zero-order valence-electron chi connectivity index (χ0n) is 28.8. The van der Waals surface area contributed by atoms with E-state index in [2.05, 4.69) is 78.9 Å². The predicted molar refractivity (Wildman–Crippen MR) is 217 cm³/mol. The van der Waals surface area contributed by atoms with Crippen molar-refractivity contribution in [2.24, 2.45) is 0 Å². The average molecular weight is 693 g/mol. The summed E-state index contributed by atoms with van der Waals surface area (Å²) in [4.78, 5) is 20.0. The van der Waals surface area contributed by atoms with Gasteiger partial charge in [0.25, 0.3) is 0 Å². The predicted octanol–water partition coefficient (Wildman–Crippen LogP) is 12.6. The van der Waals surface area contributed by atoms with Crippen LogP contribution in [0.3, 0.4) is 0 Å². The molecule has 54 heavy (non-hydrogen) atoms. The summed E-state index contributed by atoms with van der Waals surface area (Å²) in [7, 11) is 0. The first-order chi connectivity index (χ1) is 26.7. The van der Waals surface area contributed by atoms with Crippen molar-refractivity contribution in [1.82, 2.24) is 19.9 Å². The Morgan fingerprint density at radius 1 is 0.352 bits per heavy atom. The summed E-state index contributed by atoms with van der Waals surface area (Å²) in [5.41, 5.74) is 10.7. The zero-order valence-corrected chi connectivity index (χ0v) is 28.8. The van der Waals surface area contributed by atoms with E-state index in [9.17, 15) is 0 Å². The number of pyridine rings is 1. The molecular weight excluding hydrogens is 665 g/mol. The maximum atomic E-state index is 6.56. The fraction of sp³-hybridized carbons (Fsp3) is 0. The lowest BCUT2D eigenvalue weighted by Crippen LogP contribution is -2.01. The second kappa shape index (κ2) is 12.1. The first kappa shape index (κ1) is 30.2. The smallest absolute Gasteiger partial charge is 0.165 e. The first-order valence-electron chi connectivity index (χ1n) is 17.9. The van der Waals surface area contributed by atoms with E-state index in [0.29, 0.717) is 17.5 Å². The number of para-hydroxylation sites is 5. The molecule has 0 saturated carbocycles. The molecule has 6 nitrogen and oxygen atoms in total. The molecule has 0 radical (unpaired) electrons. The van der Waals surface area contributed by atoms with Crippen molar-refractivity contribution in [2.75, 3.05) is 0 Å². The molecular formula is C48H28N4O2. The molecule has 7 aromatic carbocycles. The van der Waals surface area contributed by atoms with E-state index in [-0.39, 0.29) is 0 Å². The van der Waals surface area contributed by atoms with E-state index in [1.807, 2.05) is 91.1 Å². The van der Waals surface area contributed by atoms with E-state index in [4.69, 9.17) is 28.8 Å². The molecule has 0 unspecified atom stereocenters. The summed E-state index contributed by atoms with van der Waals surface area (Å²) in [6.45, 7) is 0. The van der Waals surface area contributed by atoms with E-state index < -0.39 is 0 Å². The summed E-state index contributed by atoms with van der Waals surface area (Å²) < 4.78 is 13.1. The van der Waals surface area contributed by atoms with Crippen molar-refractivity contribution in [3.63, 3.8) is 0 Å². The molecule has 0 saturated heterocycles. The van der Waals surface area contributed by atoms with Crippen LogP contribution in [-0.4, -0.2) is 19.9 Å². The third kappa shape index (κ3) is 4.96. The fourth-order valence-corrected chi connectivity index (χ4v) is 7.56. The summed E-state index contributed by atoms with van der Waals surface area (Å²) in [6, 6.07) is 55.7. The van der Waals surface area contributed by atoms with Crippen LogP contribution < -0.4 is 0 Å². The highest BCUT2D eigenvalue weighted by Gasteiger charge is 2.19. The minimum atomic E-state index is 0.544. The lowest BCUT2D eigenvalue weighted by molar-refractivity contribution is 0.670. The van der Waals surface area contributed by atoms with Gasteiger partial charge in [-0.1, -0.05) is 121 Å². The molecule has 0 amide bonds. The Balaban J connectivity index is 1.19. The number of rotatable bonds is 5. The highest BCUT2D eigenvalue weighted by molar-refractivity contribution is 6.11. The van der Waals surface area contributed by atoms with Crippen molar-refractivity contribution in [3.05, 3.63) is 170 Å². The zero-order chi connectivity index (χ0) is 35.6. The highest BCUT2D eigenvalue weighted by atomic mass is 16.3. The molecule has 11 rings (SSSR count). The van der Waals surface area contributed by atoms with Crippen LogP contribution >= 0.6 is 0 Å². The number of fused-ring (bicyclic) bond motifs is 7. The minimum Gasteiger partial charge on any atom is -0.455 e. The summed E-state index contributed by atoms with van der Waals surface area (Å²) in [6.07, 6.45) is 1.84. The number of benzene rings is 7. The third-order valence-electron chi connectivity index (χ3n) is 10.1.